The zero-order chi connectivity index (χ0) is 16.4. The fourth-order valence-electron chi connectivity index (χ4n) is 2.46. The van der Waals surface area contributed by atoms with Crippen LogP contribution in [-0.2, 0) is 4.74 Å². The van der Waals surface area contributed by atoms with Crippen LogP contribution < -0.4 is 5.32 Å². The lowest BCUT2D eigenvalue weighted by atomic mass is 10.0. The van der Waals surface area contributed by atoms with Crippen molar-refractivity contribution >= 4 is 39.5 Å². The topological polar surface area (TPSA) is 94.7 Å². The van der Waals surface area contributed by atoms with Crippen molar-refractivity contribution in [1.82, 2.24) is 15.2 Å². The number of aromatic nitrogens is 1. The summed E-state index contributed by atoms with van der Waals surface area (Å²) in [6.45, 7) is 2.35. The van der Waals surface area contributed by atoms with Gasteiger partial charge in [-0.25, -0.2) is 4.79 Å². The molecule has 0 aromatic carbocycles. The van der Waals surface area contributed by atoms with E-state index >= 15 is 0 Å². The minimum Gasteiger partial charge on any atom is -0.465 e. The molecule has 1 saturated heterocycles. The molecule has 0 saturated carbocycles. The maximum atomic E-state index is 12.4. The van der Waals surface area contributed by atoms with Crippen LogP contribution in [0.5, 0.6) is 0 Å². The second kappa shape index (κ2) is 6.89. The average Bonchev–Trinajstić information content (AvgIpc) is 2.75. The Balaban J connectivity index is 2.07. The highest BCUT2D eigenvalue weighted by atomic mass is 79.9. The predicted octanol–water partition coefficient (Wildman–Crippen LogP) is 2.24. The van der Waals surface area contributed by atoms with Crippen LogP contribution >= 0.6 is 27.5 Å². The molecule has 22 heavy (non-hydrogen) atoms. The number of carbonyl (C=O) groups is 2. The van der Waals surface area contributed by atoms with Gasteiger partial charge in [-0.1, -0.05) is 11.6 Å². The lowest BCUT2D eigenvalue weighted by molar-refractivity contribution is 0.0101. The van der Waals surface area contributed by atoms with E-state index < -0.39 is 6.09 Å². The van der Waals surface area contributed by atoms with E-state index in [4.69, 9.17) is 21.4 Å². The zero-order valence-electron chi connectivity index (χ0n) is 12.2. The number of methoxy groups -OCH3 is 1. The van der Waals surface area contributed by atoms with Gasteiger partial charge in [-0.2, -0.15) is 0 Å². The number of aromatic amines is 1. The molecule has 1 aliphatic rings. The molecular formula is C13H17BrClN3O4. The fraction of sp³-hybridized carbons (Fsp3) is 0.538. The van der Waals surface area contributed by atoms with Crippen LogP contribution in [0.1, 0.15) is 22.6 Å². The van der Waals surface area contributed by atoms with Gasteiger partial charge in [-0.3, -0.25) is 4.79 Å². The van der Waals surface area contributed by atoms with Crippen LogP contribution in [0.25, 0.3) is 0 Å². The van der Waals surface area contributed by atoms with Gasteiger partial charge in [0.1, 0.15) is 5.69 Å². The number of H-pyrrole nitrogens is 1. The Morgan fingerprint density at radius 1 is 1.55 bits per heavy atom. The van der Waals surface area contributed by atoms with Gasteiger partial charge in [0.2, 0.25) is 0 Å². The summed E-state index contributed by atoms with van der Waals surface area (Å²) >= 11 is 9.33. The van der Waals surface area contributed by atoms with Gasteiger partial charge in [0, 0.05) is 19.3 Å². The smallest absolute Gasteiger partial charge is 0.407 e. The largest absolute Gasteiger partial charge is 0.465 e. The number of aryl methyl sites for hydroxylation is 1. The standard InChI is InChI=1S/C13H17BrClN3O4/c1-6-10(15)9(14)11(16-6)12(19)17-7-3-4-18(13(20)21)5-8(7)22-2/h7-8,16H,3-5H2,1-2H3,(H,17,19)(H,20,21). The van der Waals surface area contributed by atoms with Gasteiger partial charge in [0.15, 0.2) is 0 Å². The molecule has 1 fully saturated rings. The summed E-state index contributed by atoms with van der Waals surface area (Å²) in [5.41, 5.74) is 1.04. The Hall–Kier alpha value is -1.25. The molecule has 0 radical (unpaired) electrons. The third-order valence-corrected chi connectivity index (χ3v) is 5.22. The van der Waals surface area contributed by atoms with Crippen LogP contribution in [0, 0.1) is 6.92 Å². The molecule has 3 N–H and O–H groups in total. The minimum absolute atomic E-state index is 0.225. The zero-order valence-corrected chi connectivity index (χ0v) is 14.5. The summed E-state index contributed by atoms with van der Waals surface area (Å²) in [7, 11) is 1.50. The van der Waals surface area contributed by atoms with Crippen molar-refractivity contribution in [1.29, 1.82) is 0 Å². The molecule has 9 heteroatoms. The monoisotopic (exact) mass is 393 g/mol. The quantitative estimate of drug-likeness (QED) is 0.733. The Labute approximate surface area is 141 Å². The highest BCUT2D eigenvalue weighted by Crippen LogP contribution is 2.29. The number of ether oxygens (including phenoxy) is 1. The lowest BCUT2D eigenvalue weighted by Gasteiger charge is -2.36. The molecule has 0 aliphatic carbocycles. The third-order valence-electron chi connectivity index (χ3n) is 3.73. The molecule has 2 atom stereocenters. The van der Waals surface area contributed by atoms with E-state index in [9.17, 15) is 9.59 Å². The highest BCUT2D eigenvalue weighted by Gasteiger charge is 2.33. The molecule has 1 aromatic heterocycles. The molecule has 1 aliphatic heterocycles. The van der Waals surface area contributed by atoms with E-state index in [0.717, 1.165) is 0 Å². The number of carboxylic acid groups (broad SMARTS) is 1. The number of hydrogen-bond acceptors (Lipinski definition) is 3. The lowest BCUT2D eigenvalue weighted by Crippen LogP contribution is -2.55. The van der Waals surface area contributed by atoms with Gasteiger partial charge in [-0.15, -0.1) is 0 Å². The fourth-order valence-corrected chi connectivity index (χ4v) is 3.18. The van der Waals surface area contributed by atoms with Crippen molar-refractivity contribution in [2.75, 3.05) is 20.2 Å². The van der Waals surface area contributed by atoms with E-state index in [1.807, 2.05) is 0 Å². The van der Waals surface area contributed by atoms with Crippen molar-refractivity contribution in [3.63, 3.8) is 0 Å². The predicted molar refractivity (Wildman–Crippen MR) is 84.5 cm³/mol. The molecule has 2 unspecified atom stereocenters. The molecule has 2 rings (SSSR count). The molecule has 2 heterocycles. The number of rotatable bonds is 3. The van der Waals surface area contributed by atoms with Crippen LogP contribution in [0.15, 0.2) is 4.47 Å². The first-order valence-corrected chi connectivity index (χ1v) is 7.87. The number of halogens is 2. The number of likely N-dealkylation sites (tertiary alicyclic amines) is 1. The number of amides is 2. The Morgan fingerprint density at radius 2 is 2.23 bits per heavy atom. The van der Waals surface area contributed by atoms with Crippen molar-refractivity contribution in [3.05, 3.63) is 20.9 Å². The second-order valence-electron chi connectivity index (χ2n) is 5.12. The molecule has 2 amide bonds. The summed E-state index contributed by atoms with van der Waals surface area (Å²) in [4.78, 5) is 27.6. The van der Waals surface area contributed by atoms with Gasteiger partial charge in [0.25, 0.3) is 5.91 Å². The van der Waals surface area contributed by atoms with Crippen LogP contribution in [-0.4, -0.2) is 59.3 Å². The van der Waals surface area contributed by atoms with Crippen molar-refractivity contribution < 1.29 is 19.4 Å². The van der Waals surface area contributed by atoms with Crippen molar-refractivity contribution in [3.8, 4) is 0 Å². The first kappa shape index (κ1) is 17.1. The second-order valence-corrected chi connectivity index (χ2v) is 6.30. The van der Waals surface area contributed by atoms with E-state index in [1.165, 1.54) is 12.0 Å². The Bertz CT molecular complexity index is 592. The third kappa shape index (κ3) is 3.39. The molecule has 0 bridgehead atoms. The van der Waals surface area contributed by atoms with Crippen molar-refractivity contribution in [2.24, 2.45) is 0 Å². The number of nitrogens with zero attached hydrogens (tertiary/aromatic N) is 1. The van der Waals surface area contributed by atoms with E-state index in [0.29, 0.717) is 33.8 Å². The molecule has 0 spiro atoms. The summed E-state index contributed by atoms with van der Waals surface area (Å²) in [6.07, 6.45) is -0.887. The number of carbonyl (C=O) groups excluding carboxylic acids is 1. The summed E-state index contributed by atoms with van der Waals surface area (Å²) in [5.74, 6) is -0.308. The first-order valence-electron chi connectivity index (χ1n) is 6.70. The van der Waals surface area contributed by atoms with Crippen LogP contribution in [0.2, 0.25) is 5.02 Å². The Morgan fingerprint density at radius 3 is 2.73 bits per heavy atom. The summed E-state index contributed by atoms with van der Waals surface area (Å²) in [6, 6.07) is -0.262. The van der Waals surface area contributed by atoms with E-state index in [-0.39, 0.29) is 24.6 Å². The SMILES string of the molecule is COC1CN(C(=O)O)CCC1NC(=O)c1[nH]c(C)c(Cl)c1Br. The first-order chi connectivity index (χ1) is 10.3. The molecular weight excluding hydrogens is 378 g/mol. The van der Waals surface area contributed by atoms with E-state index in [2.05, 4.69) is 26.2 Å². The number of piperidine rings is 1. The van der Waals surface area contributed by atoms with Crippen LogP contribution in [0.3, 0.4) is 0 Å². The van der Waals surface area contributed by atoms with Crippen LogP contribution in [0.4, 0.5) is 4.79 Å². The van der Waals surface area contributed by atoms with E-state index in [1.54, 1.807) is 6.92 Å². The highest BCUT2D eigenvalue weighted by molar-refractivity contribution is 9.10. The van der Waals surface area contributed by atoms with Gasteiger partial charge < -0.3 is 25.0 Å². The number of nitrogens with one attached hydrogen (secondary N) is 2. The maximum absolute atomic E-state index is 12.4. The maximum Gasteiger partial charge on any atom is 0.407 e. The summed E-state index contributed by atoms with van der Waals surface area (Å²) < 4.78 is 5.83. The molecule has 7 nitrogen and oxygen atoms in total. The van der Waals surface area contributed by atoms with Crippen molar-refractivity contribution in [2.45, 2.75) is 25.5 Å². The number of hydrogen-bond donors (Lipinski definition) is 3. The molecule has 122 valence electrons. The Kier molecular flexibility index (Phi) is 5.36. The molecule has 1 aromatic rings. The van der Waals surface area contributed by atoms with Gasteiger partial charge in [-0.05, 0) is 29.3 Å². The van der Waals surface area contributed by atoms with Gasteiger partial charge in [0.05, 0.1) is 28.2 Å². The average molecular weight is 395 g/mol. The summed E-state index contributed by atoms with van der Waals surface area (Å²) in [5, 5.41) is 12.4. The normalized spacial score (nSPS) is 21.7. The van der Waals surface area contributed by atoms with Gasteiger partial charge >= 0.3 is 6.09 Å². The minimum atomic E-state index is -0.985.